The van der Waals surface area contributed by atoms with E-state index in [4.69, 9.17) is 4.74 Å². The fourth-order valence-electron chi connectivity index (χ4n) is 1.80. The highest BCUT2D eigenvalue weighted by atomic mass is 32.2. The van der Waals surface area contributed by atoms with Crippen molar-refractivity contribution >= 4 is 21.4 Å². The smallest absolute Gasteiger partial charge is 0.229 e. The lowest BCUT2D eigenvalue weighted by molar-refractivity contribution is 0.122. The van der Waals surface area contributed by atoms with Crippen LogP contribution < -0.4 is 9.62 Å². The standard InChI is InChI=1S/C11H16N2O3S/c1-17(14,15)12-10-3-2-4-11(9-10)13-5-7-16-8-6-13/h2-4,9,12H,5-8H2,1H3. The Hall–Kier alpha value is -1.27. The highest BCUT2D eigenvalue weighted by Crippen LogP contribution is 2.20. The van der Waals surface area contributed by atoms with E-state index in [1.807, 2.05) is 18.2 Å². The third-order valence-electron chi connectivity index (χ3n) is 2.53. The van der Waals surface area contributed by atoms with Crippen LogP contribution in [0.1, 0.15) is 0 Å². The number of nitrogens with one attached hydrogen (secondary N) is 1. The number of hydrogen-bond acceptors (Lipinski definition) is 4. The van der Waals surface area contributed by atoms with Crippen LogP contribution in [0.3, 0.4) is 0 Å². The lowest BCUT2D eigenvalue weighted by Crippen LogP contribution is -2.36. The van der Waals surface area contributed by atoms with Gasteiger partial charge in [-0.05, 0) is 18.2 Å². The molecule has 0 unspecified atom stereocenters. The number of sulfonamides is 1. The minimum Gasteiger partial charge on any atom is -0.378 e. The van der Waals surface area contributed by atoms with E-state index in [9.17, 15) is 8.42 Å². The van der Waals surface area contributed by atoms with Crippen LogP contribution in [0.5, 0.6) is 0 Å². The number of morpholine rings is 1. The van der Waals surface area contributed by atoms with Crippen LogP contribution in [-0.4, -0.2) is 41.0 Å². The molecule has 0 aromatic heterocycles. The van der Waals surface area contributed by atoms with Gasteiger partial charge in [-0.2, -0.15) is 0 Å². The van der Waals surface area contributed by atoms with Crippen LogP contribution in [0, 0.1) is 0 Å². The average molecular weight is 256 g/mol. The molecule has 0 bridgehead atoms. The second-order valence-electron chi connectivity index (χ2n) is 4.02. The maximum absolute atomic E-state index is 11.1. The van der Waals surface area contributed by atoms with E-state index in [0.717, 1.165) is 25.0 Å². The third-order valence-corrected chi connectivity index (χ3v) is 3.13. The van der Waals surface area contributed by atoms with Gasteiger partial charge in [-0.3, -0.25) is 4.72 Å². The molecule has 1 N–H and O–H groups in total. The van der Waals surface area contributed by atoms with Crippen molar-refractivity contribution in [2.45, 2.75) is 0 Å². The molecule has 94 valence electrons. The van der Waals surface area contributed by atoms with Crippen LogP contribution in [0.25, 0.3) is 0 Å². The van der Waals surface area contributed by atoms with E-state index in [0.29, 0.717) is 18.9 Å². The molecule has 1 fully saturated rings. The van der Waals surface area contributed by atoms with E-state index in [1.165, 1.54) is 0 Å². The van der Waals surface area contributed by atoms with Gasteiger partial charge in [0.05, 0.1) is 25.2 Å². The Morgan fingerprint density at radius 2 is 2.00 bits per heavy atom. The van der Waals surface area contributed by atoms with Crippen molar-refractivity contribution < 1.29 is 13.2 Å². The largest absolute Gasteiger partial charge is 0.378 e. The molecule has 17 heavy (non-hydrogen) atoms. The summed E-state index contributed by atoms with van der Waals surface area (Å²) in [5, 5.41) is 0. The number of anilines is 2. The highest BCUT2D eigenvalue weighted by molar-refractivity contribution is 7.92. The zero-order valence-electron chi connectivity index (χ0n) is 9.72. The van der Waals surface area contributed by atoms with E-state index in [1.54, 1.807) is 6.07 Å². The molecule has 1 aliphatic heterocycles. The first-order chi connectivity index (χ1) is 8.04. The van der Waals surface area contributed by atoms with Crippen LogP contribution in [0.4, 0.5) is 11.4 Å². The molecule has 5 nitrogen and oxygen atoms in total. The Morgan fingerprint density at radius 3 is 2.65 bits per heavy atom. The SMILES string of the molecule is CS(=O)(=O)Nc1cccc(N2CCOCC2)c1. The van der Waals surface area contributed by atoms with Gasteiger partial charge >= 0.3 is 0 Å². The lowest BCUT2D eigenvalue weighted by Gasteiger charge is -2.29. The molecule has 2 rings (SSSR count). The number of hydrogen-bond donors (Lipinski definition) is 1. The molecule has 1 heterocycles. The monoisotopic (exact) mass is 256 g/mol. The normalized spacial score (nSPS) is 16.9. The number of benzene rings is 1. The average Bonchev–Trinajstić information content (AvgIpc) is 2.28. The molecule has 0 saturated carbocycles. The molecule has 1 aromatic rings. The summed E-state index contributed by atoms with van der Waals surface area (Å²) >= 11 is 0. The van der Waals surface area contributed by atoms with Gasteiger partial charge in [0.2, 0.25) is 10.0 Å². The minimum absolute atomic E-state index is 0.594. The third kappa shape index (κ3) is 3.61. The summed E-state index contributed by atoms with van der Waals surface area (Å²) in [4.78, 5) is 2.18. The summed E-state index contributed by atoms with van der Waals surface area (Å²) in [7, 11) is -3.22. The quantitative estimate of drug-likeness (QED) is 0.872. The van der Waals surface area contributed by atoms with Crippen LogP contribution in [-0.2, 0) is 14.8 Å². The van der Waals surface area contributed by atoms with E-state index in [-0.39, 0.29) is 0 Å². The van der Waals surface area contributed by atoms with Gasteiger partial charge in [-0.1, -0.05) is 6.07 Å². The summed E-state index contributed by atoms with van der Waals surface area (Å²) in [6.45, 7) is 3.10. The van der Waals surface area contributed by atoms with Crippen LogP contribution >= 0.6 is 0 Å². The second kappa shape index (κ2) is 4.93. The van der Waals surface area contributed by atoms with Crippen molar-refractivity contribution in [1.29, 1.82) is 0 Å². The molecule has 0 spiro atoms. The molecule has 1 aliphatic rings. The molecule has 0 amide bonds. The first kappa shape index (κ1) is 12.2. The van der Waals surface area contributed by atoms with Crippen LogP contribution in [0.2, 0.25) is 0 Å². The highest BCUT2D eigenvalue weighted by Gasteiger charge is 2.11. The molecular weight excluding hydrogens is 240 g/mol. The number of ether oxygens (including phenoxy) is 1. The minimum atomic E-state index is -3.22. The summed E-state index contributed by atoms with van der Waals surface area (Å²) in [5.41, 5.74) is 1.61. The molecule has 6 heteroatoms. The first-order valence-electron chi connectivity index (χ1n) is 5.45. The molecule has 1 aromatic carbocycles. The summed E-state index contributed by atoms with van der Waals surface area (Å²) in [5.74, 6) is 0. The van der Waals surface area contributed by atoms with Gasteiger partial charge in [-0.15, -0.1) is 0 Å². The van der Waals surface area contributed by atoms with Gasteiger partial charge in [0.1, 0.15) is 0 Å². The Bertz CT molecular complexity index is 481. The van der Waals surface area contributed by atoms with E-state index >= 15 is 0 Å². The molecular formula is C11H16N2O3S. The zero-order valence-corrected chi connectivity index (χ0v) is 10.5. The van der Waals surface area contributed by atoms with Gasteiger partial charge in [0.25, 0.3) is 0 Å². The van der Waals surface area contributed by atoms with E-state index < -0.39 is 10.0 Å². The second-order valence-corrected chi connectivity index (χ2v) is 5.77. The predicted octanol–water partition coefficient (Wildman–Crippen LogP) is 0.895. The molecule has 0 aliphatic carbocycles. The Morgan fingerprint density at radius 1 is 1.29 bits per heavy atom. The Balaban J connectivity index is 2.16. The Kier molecular flexibility index (Phi) is 3.54. The van der Waals surface area contributed by atoms with E-state index in [2.05, 4.69) is 9.62 Å². The van der Waals surface area contributed by atoms with Gasteiger partial charge in [0.15, 0.2) is 0 Å². The van der Waals surface area contributed by atoms with Crippen molar-refractivity contribution in [2.75, 3.05) is 42.2 Å². The maximum atomic E-state index is 11.1. The summed E-state index contributed by atoms with van der Waals surface area (Å²) in [6.07, 6.45) is 1.15. The van der Waals surface area contributed by atoms with Gasteiger partial charge in [-0.25, -0.2) is 8.42 Å². The van der Waals surface area contributed by atoms with Crippen molar-refractivity contribution in [3.05, 3.63) is 24.3 Å². The van der Waals surface area contributed by atoms with Crippen molar-refractivity contribution in [1.82, 2.24) is 0 Å². The summed E-state index contributed by atoms with van der Waals surface area (Å²) < 4.78 is 30.0. The van der Waals surface area contributed by atoms with Crippen molar-refractivity contribution in [3.8, 4) is 0 Å². The topological polar surface area (TPSA) is 58.6 Å². The van der Waals surface area contributed by atoms with Crippen molar-refractivity contribution in [2.24, 2.45) is 0 Å². The first-order valence-corrected chi connectivity index (χ1v) is 7.34. The molecule has 0 radical (unpaired) electrons. The number of nitrogens with zero attached hydrogens (tertiary/aromatic N) is 1. The maximum Gasteiger partial charge on any atom is 0.229 e. The van der Waals surface area contributed by atoms with Crippen LogP contribution in [0.15, 0.2) is 24.3 Å². The lowest BCUT2D eigenvalue weighted by atomic mass is 10.2. The number of rotatable bonds is 3. The van der Waals surface area contributed by atoms with Gasteiger partial charge < -0.3 is 9.64 Å². The van der Waals surface area contributed by atoms with Gasteiger partial charge in [0, 0.05) is 18.8 Å². The fourth-order valence-corrected chi connectivity index (χ4v) is 2.36. The van der Waals surface area contributed by atoms with Crippen molar-refractivity contribution in [3.63, 3.8) is 0 Å². The Labute approximate surface area is 101 Å². The summed E-state index contributed by atoms with van der Waals surface area (Å²) in [6, 6.07) is 7.40. The molecule has 0 atom stereocenters. The molecule has 1 saturated heterocycles. The fraction of sp³-hybridized carbons (Fsp3) is 0.455. The predicted molar refractivity (Wildman–Crippen MR) is 67.9 cm³/mol. The zero-order chi connectivity index (χ0) is 12.3.